The largest absolute Gasteiger partial charge is 0.305 e. The summed E-state index contributed by atoms with van der Waals surface area (Å²) in [7, 11) is 0. The number of hydrogen-bond donors (Lipinski definition) is 0. The van der Waals surface area contributed by atoms with Gasteiger partial charge >= 0.3 is 0 Å². The van der Waals surface area contributed by atoms with E-state index in [0.29, 0.717) is 0 Å². The molecular weight excluding hydrogens is 338 g/mol. The van der Waals surface area contributed by atoms with E-state index in [1.807, 2.05) is 0 Å². The molecule has 1 aromatic heterocycles. The third-order valence-corrected chi connectivity index (χ3v) is 1.20. The first kappa shape index (κ1) is 3.64. The molecule has 0 atom stereocenters. The number of rotatable bonds is 1. The summed E-state index contributed by atoms with van der Waals surface area (Å²) in [6, 6.07) is -0.925. The first-order valence-corrected chi connectivity index (χ1v) is 3.20. The predicted molar refractivity (Wildman–Crippen MR) is 48.5 cm³/mol. The first-order chi connectivity index (χ1) is 9.25. The third-order valence-electron chi connectivity index (χ3n) is 1.20. The Balaban J connectivity index is 0.00000220. The van der Waals surface area contributed by atoms with Gasteiger partial charge in [0.25, 0.3) is 0 Å². The van der Waals surface area contributed by atoms with Crippen LogP contribution in [0.5, 0.6) is 0 Å². The van der Waals surface area contributed by atoms with E-state index >= 15 is 0 Å². The van der Waals surface area contributed by atoms with Crippen LogP contribution >= 0.6 is 0 Å². The Morgan fingerprint density at radius 3 is 2.92 bits per heavy atom. The van der Waals surface area contributed by atoms with Crippen LogP contribution < -0.4 is 0 Å². The molecule has 0 aliphatic carbocycles. The fraction of sp³-hybridized carbons (Fsp3) is 0. The maximum absolute atomic E-state index is 7.75. The molecule has 0 aliphatic rings. The number of aromatic nitrogens is 1. The van der Waals surface area contributed by atoms with Gasteiger partial charge in [-0.1, -0.05) is 12.1 Å². The topological polar surface area (TPSA) is 12.9 Å². The van der Waals surface area contributed by atoms with Crippen molar-refractivity contribution >= 4 is 0 Å². The molecule has 0 unspecified atom stereocenters. The molecule has 13 heavy (non-hydrogen) atoms. The molecule has 2 heteroatoms. The minimum Gasteiger partial charge on any atom is -0.305 e. The van der Waals surface area contributed by atoms with Crippen molar-refractivity contribution in [2.45, 2.75) is 0 Å². The van der Waals surface area contributed by atoms with Crippen molar-refractivity contribution in [3.8, 4) is 11.3 Å². The second-order valence-electron chi connectivity index (χ2n) is 1.95. The van der Waals surface area contributed by atoms with Crippen LogP contribution in [0, 0.1) is 6.07 Å². The number of benzene rings is 1. The average molecular weight is 354 g/mol. The van der Waals surface area contributed by atoms with E-state index in [1.54, 1.807) is 0 Å². The molecule has 1 radical (unpaired) electrons. The smallest absolute Gasteiger partial charge is 0.0830 e. The van der Waals surface area contributed by atoms with Crippen molar-refractivity contribution in [1.29, 1.82) is 0 Å². The molecule has 0 fully saturated rings. The Bertz CT molecular complexity index is 657. The molecule has 0 bridgehead atoms. The predicted octanol–water partition coefficient (Wildman–Crippen LogP) is 2.55. The van der Waals surface area contributed by atoms with Crippen LogP contribution in [-0.2, 0) is 20.1 Å². The van der Waals surface area contributed by atoms with Crippen molar-refractivity contribution in [1.82, 2.24) is 4.98 Å². The fourth-order valence-electron chi connectivity index (χ4n) is 0.717. The second-order valence-corrected chi connectivity index (χ2v) is 1.95. The summed E-state index contributed by atoms with van der Waals surface area (Å²) in [6.07, 6.45) is -0.526. The molecule has 0 aliphatic heterocycles. The summed E-state index contributed by atoms with van der Waals surface area (Å²) >= 11 is 0. The van der Waals surface area contributed by atoms with Gasteiger partial charge in [-0.2, -0.15) is 0 Å². The van der Waals surface area contributed by atoms with Crippen molar-refractivity contribution < 1.29 is 31.1 Å². The summed E-state index contributed by atoms with van der Waals surface area (Å²) in [6.45, 7) is 0. The Morgan fingerprint density at radius 1 is 1.15 bits per heavy atom. The quantitative estimate of drug-likeness (QED) is 0.718. The van der Waals surface area contributed by atoms with Gasteiger partial charge in [0, 0.05) is 29.0 Å². The van der Waals surface area contributed by atoms with Gasteiger partial charge in [0.15, 0.2) is 0 Å². The average Bonchev–Trinajstić information content (AvgIpc) is 2.42. The van der Waals surface area contributed by atoms with Crippen LogP contribution in [0.1, 0.15) is 11.0 Å². The number of hydrogen-bond acceptors (Lipinski definition) is 1. The molecule has 1 aromatic carbocycles. The number of nitrogens with zero attached hydrogens (tertiary/aromatic N) is 1. The molecule has 1 heterocycles. The minimum absolute atomic E-state index is 0. The Hall–Kier alpha value is -0.981. The van der Waals surface area contributed by atoms with Gasteiger partial charge in [-0.3, -0.25) is 0 Å². The van der Waals surface area contributed by atoms with Gasteiger partial charge < -0.3 is 4.98 Å². The van der Waals surface area contributed by atoms with E-state index in [4.69, 9.17) is 11.0 Å². The van der Waals surface area contributed by atoms with Crippen molar-refractivity contribution in [2.24, 2.45) is 0 Å². The molecule has 0 saturated heterocycles. The van der Waals surface area contributed by atoms with Gasteiger partial charge in [-0.05, 0) is 14.5 Å². The molecule has 67 valence electrons. The monoisotopic (exact) mass is 355 g/mol. The Morgan fingerprint density at radius 2 is 2.00 bits per heavy atom. The molecule has 1 nitrogen and oxygen atoms in total. The molecule has 0 amide bonds. The van der Waals surface area contributed by atoms with Gasteiger partial charge in [-0.15, -0.1) is 35.8 Å². The fourth-order valence-corrected chi connectivity index (χ4v) is 0.717. The van der Waals surface area contributed by atoms with Crippen molar-refractivity contribution in [2.75, 3.05) is 0 Å². The van der Waals surface area contributed by atoms with Crippen LogP contribution in [0.25, 0.3) is 11.3 Å². The van der Waals surface area contributed by atoms with Crippen molar-refractivity contribution in [3.63, 3.8) is 0 Å². The maximum Gasteiger partial charge on any atom is 0.0830 e. The van der Waals surface area contributed by atoms with Gasteiger partial charge in [-0.25, -0.2) is 0 Å². The Kier molecular flexibility index (Phi) is 1.37. The first-order valence-electron chi connectivity index (χ1n) is 7.20. The van der Waals surface area contributed by atoms with Crippen LogP contribution in [0.3, 0.4) is 0 Å². The summed E-state index contributed by atoms with van der Waals surface area (Å²) in [4.78, 5) is 3.67. The number of pyridine rings is 1. The van der Waals surface area contributed by atoms with E-state index in [0.717, 1.165) is 0 Å². The maximum atomic E-state index is 7.75. The summed E-state index contributed by atoms with van der Waals surface area (Å²) in [5, 5.41) is 0. The zero-order valence-corrected chi connectivity index (χ0v) is 8.68. The van der Waals surface area contributed by atoms with Crippen LogP contribution in [0.2, 0.25) is 0 Å². The molecular formula is C11H8IrN-. The van der Waals surface area contributed by atoms with E-state index in [2.05, 4.69) is 11.1 Å². The molecule has 2 rings (SSSR count). The van der Waals surface area contributed by atoms with Gasteiger partial charge in [0.2, 0.25) is 0 Å². The third kappa shape index (κ3) is 2.48. The van der Waals surface area contributed by atoms with E-state index in [-0.39, 0.29) is 31.4 Å². The standard InChI is InChI=1S/C11H8N.Ir/c1-2-6-10(7-3-1)11-8-4-5-9-12-11;/h1-6,8-9H;/q-1;/i1D,2D,3D,4D,5D,6D,8D,9D;. The van der Waals surface area contributed by atoms with Crippen LogP contribution in [0.4, 0.5) is 0 Å². The molecule has 0 saturated carbocycles. The molecule has 0 N–H and O–H groups in total. The Labute approximate surface area is 102 Å². The van der Waals surface area contributed by atoms with Gasteiger partial charge in [0.1, 0.15) is 0 Å². The van der Waals surface area contributed by atoms with E-state index in [9.17, 15) is 0 Å². The summed E-state index contributed by atoms with van der Waals surface area (Å²) < 4.78 is 60.4. The summed E-state index contributed by atoms with van der Waals surface area (Å²) in [5.41, 5.74) is -0.425. The van der Waals surface area contributed by atoms with E-state index < -0.39 is 48.5 Å². The second kappa shape index (κ2) is 4.90. The summed E-state index contributed by atoms with van der Waals surface area (Å²) in [5.74, 6) is 0. The van der Waals surface area contributed by atoms with E-state index in [1.165, 1.54) is 0 Å². The van der Waals surface area contributed by atoms with Crippen LogP contribution in [0.15, 0.2) is 48.5 Å². The van der Waals surface area contributed by atoms with Crippen molar-refractivity contribution in [3.05, 3.63) is 54.5 Å². The zero-order chi connectivity index (χ0) is 15.2. The zero-order valence-electron chi connectivity index (χ0n) is 14.3. The SMILES string of the molecule is [2H]c1[c-]c(-c2nc([2H])c([2H])c([2H])c2[2H])c([2H])c([2H])c1[2H].[Ir]. The molecule has 0 spiro atoms. The normalized spacial score (nSPS) is 17.5. The van der Waals surface area contributed by atoms with Crippen LogP contribution in [-0.4, -0.2) is 4.98 Å². The minimum atomic E-state index is -0.526. The molecule has 2 aromatic rings. The van der Waals surface area contributed by atoms with Gasteiger partial charge in [0.05, 0.1) is 5.48 Å².